The van der Waals surface area contributed by atoms with Gasteiger partial charge in [0, 0.05) is 5.92 Å². The topological polar surface area (TPSA) is 40.9 Å². The fourth-order valence-corrected chi connectivity index (χ4v) is 1.60. The molecule has 2 heteroatoms. The van der Waals surface area contributed by atoms with Gasteiger partial charge < -0.3 is 0 Å². The lowest BCUT2D eigenvalue weighted by Crippen LogP contribution is -2.14. The van der Waals surface area contributed by atoms with Crippen LogP contribution in [0.25, 0.3) is 0 Å². The van der Waals surface area contributed by atoms with E-state index < -0.39 is 0 Å². The Hall–Kier alpha value is -0.840. The van der Waals surface area contributed by atoms with Crippen LogP contribution >= 0.6 is 0 Å². The van der Waals surface area contributed by atoms with Gasteiger partial charge in [0.25, 0.3) is 0 Å². The summed E-state index contributed by atoms with van der Waals surface area (Å²) in [4.78, 5) is 10.9. The third-order valence-electron chi connectivity index (χ3n) is 2.20. The van der Waals surface area contributed by atoms with Crippen LogP contribution in [0.2, 0.25) is 0 Å². The van der Waals surface area contributed by atoms with E-state index in [9.17, 15) is 4.79 Å². The van der Waals surface area contributed by atoms with Crippen molar-refractivity contribution in [1.82, 2.24) is 0 Å². The fourth-order valence-electron chi connectivity index (χ4n) is 1.60. The zero-order valence-corrected chi connectivity index (χ0v) is 6.13. The summed E-state index contributed by atoms with van der Waals surface area (Å²) in [5.74, 6) is 0.242. The lowest BCUT2D eigenvalue weighted by atomic mass is 9.94. The molecule has 1 fully saturated rings. The molecule has 2 atom stereocenters. The van der Waals surface area contributed by atoms with Crippen LogP contribution in [0.5, 0.6) is 0 Å². The van der Waals surface area contributed by atoms with Crippen LogP contribution in [0.1, 0.15) is 26.2 Å². The van der Waals surface area contributed by atoms with E-state index in [-0.39, 0.29) is 17.6 Å². The predicted octanol–water partition coefficient (Wildman–Crippen LogP) is 1.52. The second-order valence-electron chi connectivity index (χ2n) is 2.88. The van der Waals surface area contributed by atoms with Crippen molar-refractivity contribution in [2.45, 2.75) is 26.2 Å². The smallest absolute Gasteiger partial charge is 0.134 e. The fraction of sp³-hybridized carbons (Fsp3) is 0.750. The maximum absolute atomic E-state index is 10.9. The van der Waals surface area contributed by atoms with Crippen LogP contribution in [0.15, 0.2) is 0 Å². The van der Waals surface area contributed by atoms with Crippen molar-refractivity contribution in [3.63, 3.8) is 0 Å². The maximum atomic E-state index is 10.9. The SMILES string of the molecule is CC(=O)C1CCC[C@@H]1C#N. The number of carbonyl (C=O) groups is 1. The Balaban J connectivity index is 2.61. The largest absolute Gasteiger partial charge is 0.300 e. The Labute approximate surface area is 60.8 Å². The van der Waals surface area contributed by atoms with Crippen LogP contribution < -0.4 is 0 Å². The summed E-state index contributed by atoms with van der Waals surface area (Å²) < 4.78 is 0. The van der Waals surface area contributed by atoms with Crippen molar-refractivity contribution in [2.24, 2.45) is 11.8 Å². The van der Waals surface area contributed by atoms with Gasteiger partial charge in [0.05, 0.1) is 12.0 Å². The highest BCUT2D eigenvalue weighted by atomic mass is 16.1. The first-order chi connectivity index (χ1) is 4.75. The lowest BCUT2D eigenvalue weighted by molar-refractivity contribution is -0.121. The molecule has 0 aromatic carbocycles. The Morgan fingerprint density at radius 2 is 2.30 bits per heavy atom. The third-order valence-corrected chi connectivity index (χ3v) is 2.20. The molecule has 0 N–H and O–H groups in total. The van der Waals surface area contributed by atoms with Gasteiger partial charge in [-0.1, -0.05) is 6.42 Å². The summed E-state index contributed by atoms with van der Waals surface area (Å²) in [6.07, 6.45) is 2.89. The molecule has 0 heterocycles. The van der Waals surface area contributed by atoms with Gasteiger partial charge in [0.2, 0.25) is 0 Å². The quantitative estimate of drug-likeness (QED) is 0.549. The Morgan fingerprint density at radius 1 is 1.60 bits per heavy atom. The minimum atomic E-state index is 0.0116. The van der Waals surface area contributed by atoms with Crippen LogP contribution in [-0.4, -0.2) is 5.78 Å². The van der Waals surface area contributed by atoms with Crippen molar-refractivity contribution < 1.29 is 4.79 Å². The minimum Gasteiger partial charge on any atom is -0.300 e. The molecule has 2 nitrogen and oxygen atoms in total. The van der Waals surface area contributed by atoms with Crippen molar-refractivity contribution in [2.75, 3.05) is 0 Å². The molecule has 0 spiro atoms. The summed E-state index contributed by atoms with van der Waals surface area (Å²) in [5, 5.41) is 8.58. The Morgan fingerprint density at radius 3 is 2.70 bits per heavy atom. The molecular weight excluding hydrogens is 126 g/mol. The van der Waals surface area contributed by atoms with E-state index in [0.717, 1.165) is 19.3 Å². The van der Waals surface area contributed by atoms with Crippen molar-refractivity contribution in [3.8, 4) is 6.07 Å². The molecule has 1 unspecified atom stereocenters. The summed E-state index contributed by atoms with van der Waals surface area (Å²) in [6.45, 7) is 1.58. The zero-order valence-electron chi connectivity index (χ0n) is 6.13. The second-order valence-corrected chi connectivity index (χ2v) is 2.88. The molecule has 0 aromatic rings. The van der Waals surface area contributed by atoms with Crippen molar-refractivity contribution in [3.05, 3.63) is 0 Å². The number of nitriles is 1. The normalized spacial score (nSPS) is 31.6. The van der Waals surface area contributed by atoms with E-state index in [1.165, 1.54) is 0 Å². The Kier molecular flexibility index (Phi) is 2.06. The molecular formula is C8H11NO. The van der Waals surface area contributed by atoms with Gasteiger partial charge in [-0.3, -0.25) is 4.79 Å². The van der Waals surface area contributed by atoms with Gasteiger partial charge in [-0.15, -0.1) is 0 Å². The van der Waals surface area contributed by atoms with E-state index in [4.69, 9.17) is 5.26 Å². The molecule has 1 aliphatic carbocycles. The average molecular weight is 137 g/mol. The molecule has 0 aliphatic heterocycles. The predicted molar refractivity (Wildman–Crippen MR) is 37.1 cm³/mol. The molecule has 0 radical (unpaired) electrons. The number of hydrogen-bond acceptors (Lipinski definition) is 2. The summed E-state index contributed by atoms with van der Waals surface area (Å²) in [5.41, 5.74) is 0. The van der Waals surface area contributed by atoms with Gasteiger partial charge in [-0.2, -0.15) is 5.26 Å². The molecule has 10 heavy (non-hydrogen) atoms. The molecule has 1 rings (SSSR count). The van der Waals surface area contributed by atoms with Gasteiger partial charge in [-0.05, 0) is 19.8 Å². The second kappa shape index (κ2) is 2.83. The molecule has 1 aliphatic rings. The van der Waals surface area contributed by atoms with E-state index in [1.54, 1.807) is 6.92 Å². The molecule has 0 bridgehead atoms. The van der Waals surface area contributed by atoms with E-state index in [1.807, 2.05) is 0 Å². The summed E-state index contributed by atoms with van der Waals surface area (Å²) >= 11 is 0. The van der Waals surface area contributed by atoms with Crippen molar-refractivity contribution >= 4 is 5.78 Å². The standard InChI is InChI=1S/C8H11NO/c1-6(10)8-4-2-3-7(8)5-9/h7-8H,2-4H2,1H3/t7-,8?/m1/s1. The first-order valence-corrected chi connectivity index (χ1v) is 3.65. The van der Waals surface area contributed by atoms with Crippen LogP contribution in [0.4, 0.5) is 0 Å². The minimum absolute atomic E-state index is 0.0116. The number of ketones is 1. The van der Waals surface area contributed by atoms with Gasteiger partial charge in [0.1, 0.15) is 5.78 Å². The van der Waals surface area contributed by atoms with Gasteiger partial charge >= 0.3 is 0 Å². The van der Waals surface area contributed by atoms with E-state index in [0.29, 0.717) is 0 Å². The molecule has 54 valence electrons. The number of Topliss-reactive ketones (excluding diaryl/α,β-unsaturated/α-hetero) is 1. The van der Waals surface area contributed by atoms with Crippen LogP contribution in [0, 0.1) is 23.2 Å². The van der Waals surface area contributed by atoms with E-state index >= 15 is 0 Å². The highest BCUT2D eigenvalue weighted by Gasteiger charge is 2.30. The highest BCUT2D eigenvalue weighted by Crippen LogP contribution is 2.31. The first kappa shape index (κ1) is 7.27. The molecule has 0 aromatic heterocycles. The molecule has 1 saturated carbocycles. The number of hydrogen-bond donors (Lipinski definition) is 0. The van der Waals surface area contributed by atoms with Gasteiger partial charge in [-0.25, -0.2) is 0 Å². The first-order valence-electron chi connectivity index (χ1n) is 3.65. The number of rotatable bonds is 1. The van der Waals surface area contributed by atoms with Crippen LogP contribution in [0.3, 0.4) is 0 Å². The summed E-state index contributed by atoms with van der Waals surface area (Å²) in [7, 11) is 0. The lowest BCUT2D eigenvalue weighted by Gasteiger charge is -2.06. The monoisotopic (exact) mass is 137 g/mol. The molecule has 0 amide bonds. The maximum Gasteiger partial charge on any atom is 0.134 e. The highest BCUT2D eigenvalue weighted by molar-refractivity contribution is 5.79. The van der Waals surface area contributed by atoms with E-state index in [2.05, 4.69) is 6.07 Å². The van der Waals surface area contributed by atoms with Crippen molar-refractivity contribution in [1.29, 1.82) is 5.26 Å². The van der Waals surface area contributed by atoms with Gasteiger partial charge in [0.15, 0.2) is 0 Å². The summed E-state index contributed by atoms with van der Waals surface area (Å²) in [6, 6.07) is 2.17. The average Bonchev–Trinajstić information content (AvgIpc) is 2.33. The third kappa shape index (κ3) is 1.18. The van der Waals surface area contributed by atoms with Crippen LogP contribution in [-0.2, 0) is 4.79 Å². The number of carbonyl (C=O) groups excluding carboxylic acids is 1. The molecule has 0 saturated heterocycles. The zero-order chi connectivity index (χ0) is 7.56. The number of nitrogens with zero attached hydrogens (tertiary/aromatic N) is 1. The Bertz CT molecular complexity index is 180.